The first-order chi connectivity index (χ1) is 15.9. The molecule has 4 atom stereocenters. The number of aliphatic hydroxyl groups excluding tert-OH is 1. The largest absolute Gasteiger partial charge is 0.507 e. The molecule has 0 unspecified atom stereocenters. The number of nitrogens with zero attached hydrogens (tertiary/aromatic N) is 1. The highest BCUT2D eigenvalue weighted by Gasteiger charge is 2.59. The fourth-order valence-electron chi connectivity index (χ4n) is 5.62. The van der Waals surface area contributed by atoms with E-state index in [4.69, 9.17) is 4.65 Å². The predicted octanol–water partition coefficient (Wildman–Crippen LogP) is 1.70. The summed E-state index contributed by atoms with van der Waals surface area (Å²) in [5, 5.41) is 32.5. The number of likely N-dealkylation sites (tertiary alicyclic amines) is 1. The zero-order valence-corrected chi connectivity index (χ0v) is 17.8. The summed E-state index contributed by atoms with van der Waals surface area (Å²) in [4.78, 5) is 38.7. The van der Waals surface area contributed by atoms with Crippen LogP contribution in [0.4, 0.5) is 4.79 Å². The number of aliphatic hydroxyl groups is 1. The summed E-state index contributed by atoms with van der Waals surface area (Å²) in [6, 6.07) is 10.5. The summed E-state index contributed by atoms with van der Waals surface area (Å²) in [5.74, 6) is -3.52. The molecule has 3 amide bonds. The van der Waals surface area contributed by atoms with E-state index in [1.54, 1.807) is 24.3 Å². The van der Waals surface area contributed by atoms with E-state index >= 15 is 0 Å². The van der Waals surface area contributed by atoms with Crippen LogP contribution in [-0.4, -0.2) is 58.9 Å². The van der Waals surface area contributed by atoms with E-state index in [9.17, 15) is 29.6 Å². The summed E-state index contributed by atoms with van der Waals surface area (Å²) < 4.78 is 10.6. The maximum atomic E-state index is 13.2. The first-order valence-corrected chi connectivity index (χ1v) is 10.7. The number of carbonyl (C=O) groups is 3. The van der Waals surface area contributed by atoms with Gasteiger partial charge in [-0.05, 0) is 46.8 Å². The second kappa shape index (κ2) is 7.98. The van der Waals surface area contributed by atoms with Crippen LogP contribution in [0, 0.1) is 17.8 Å². The lowest BCUT2D eigenvalue weighted by Crippen LogP contribution is -2.45. The van der Waals surface area contributed by atoms with Crippen molar-refractivity contribution >= 4 is 35.8 Å². The van der Waals surface area contributed by atoms with Gasteiger partial charge in [0.15, 0.2) is 0 Å². The third kappa shape index (κ3) is 3.17. The first kappa shape index (κ1) is 21.6. The molecule has 0 spiro atoms. The summed E-state index contributed by atoms with van der Waals surface area (Å²) in [5.41, 5.74) is 1.55. The standard InChI is InChI=1S/C23H22BNO8/c1-32-23(30)25-21(28)16-8-11(10-26)20-15(19(16)22(25)29)9-18(33-24(20)31)14-6-7-17(27)13-5-3-2-4-12(13)14/h2-7,15-16,18-19,26-27,31H,8-10H2,1H3/t15-,16-,18-,19+/m0/s1. The highest BCUT2D eigenvalue weighted by molar-refractivity contribution is 6.53. The molecule has 10 heteroatoms. The van der Waals surface area contributed by atoms with Gasteiger partial charge in [-0.25, -0.2) is 4.79 Å². The molecule has 33 heavy (non-hydrogen) atoms. The lowest BCUT2D eigenvalue weighted by molar-refractivity contribution is -0.137. The molecule has 9 nitrogen and oxygen atoms in total. The number of rotatable bonds is 2. The monoisotopic (exact) mass is 451 g/mol. The molecule has 3 N–H and O–H groups in total. The van der Waals surface area contributed by atoms with Crippen molar-refractivity contribution in [1.29, 1.82) is 0 Å². The van der Waals surface area contributed by atoms with E-state index in [2.05, 4.69) is 4.74 Å². The van der Waals surface area contributed by atoms with Gasteiger partial charge in [0.1, 0.15) is 5.75 Å². The van der Waals surface area contributed by atoms with E-state index in [1.165, 1.54) is 0 Å². The highest BCUT2D eigenvalue weighted by Crippen LogP contribution is 2.52. The Kier molecular flexibility index (Phi) is 5.23. The van der Waals surface area contributed by atoms with E-state index in [1.807, 2.05) is 12.1 Å². The Bertz CT molecular complexity index is 1210. The molecule has 5 rings (SSSR count). The molecule has 2 aliphatic heterocycles. The summed E-state index contributed by atoms with van der Waals surface area (Å²) in [6.07, 6.45) is -1.38. The SMILES string of the molecule is COC(=O)N1C(=O)[C@H]2[C@H](CC(CO)=C3B(O)O[C@H](c4ccc(O)c5ccccc45)C[C@H]32)C1=O. The number of hydrogen-bond acceptors (Lipinski definition) is 8. The number of phenols is 1. The molecule has 2 fully saturated rings. The zero-order chi connectivity index (χ0) is 23.4. The number of fused-ring (bicyclic) bond motifs is 4. The molecule has 2 aromatic carbocycles. The zero-order valence-electron chi connectivity index (χ0n) is 17.8. The van der Waals surface area contributed by atoms with Crippen LogP contribution in [0.1, 0.15) is 24.5 Å². The second-order valence-corrected chi connectivity index (χ2v) is 8.57. The van der Waals surface area contributed by atoms with Gasteiger partial charge in [-0.15, -0.1) is 0 Å². The van der Waals surface area contributed by atoms with E-state index in [-0.39, 0.29) is 18.6 Å². The Labute approximate surface area is 189 Å². The van der Waals surface area contributed by atoms with Crippen LogP contribution in [0.15, 0.2) is 47.4 Å². The van der Waals surface area contributed by atoms with Gasteiger partial charge in [0.25, 0.3) is 0 Å². The fraction of sp³-hybridized carbons (Fsp3) is 0.348. The predicted molar refractivity (Wildman–Crippen MR) is 115 cm³/mol. The van der Waals surface area contributed by atoms with Gasteiger partial charge in [0.05, 0.1) is 31.7 Å². The molecular formula is C23H22BNO8. The second-order valence-electron chi connectivity index (χ2n) is 8.57. The molecular weight excluding hydrogens is 429 g/mol. The smallest absolute Gasteiger partial charge is 0.487 e. The Hall–Kier alpha value is -3.21. The van der Waals surface area contributed by atoms with Crippen LogP contribution in [0.25, 0.3) is 10.8 Å². The minimum Gasteiger partial charge on any atom is -0.507 e. The molecule has 2 saturated heterocycles. The quantitative estimate of drug-likeness (QED) is 0.464. The minimum absolute atomic E-state index is 0.0539. The Morgan fingerprint density at radius 3 is 2.58 bits per heavy atom. The Morgan fingerprint density at radius 2 is 1.88 bits per heavy atom. The number of methoxy groups -OCH3 is 1. The normalized spacial score (nSPS) is 27.1. The molecule has 2 heterocycles. The molecule has 0 saturated carbocycles. The van der Waals surface area contributed by atoms with Gasteiger partial charge in [0.2, 0.25) is 11.8 Å². The van der Waals surface area contributed by atoms with E-state index < -0.39 is 55.5 Å². The molecule has 2 aromatic rings. The summed E-state index contributed by atoms with van der Waals surface area (Å²) >= 11 is 0. The van der Waals surface area contributed by atoms with Crippen LogP contribution in [-0.2, 0) is 19.0 Å². The van der Waals surface area contributed by atoms with Crippen molar-refractivity contribution in [2.75, 3.05) is 13.7 Å². The van der Waals surface area contributed by atoms with Crippen LogP contribution in [0.5, 0.6) is 5.75 Å². The van der Waals surface area contributed by atoms with Gasteiger partial charge in [-0.1, -0.05) is 30.3 Å². The van der Waals surface area contributed by atoms with Gasteiger partial charge in [-0.2, -0.15) is 4.90 Å². The summed E-state index contributed by atoms with van der Waals surface area (Å²) in [7, 11) is -0.294. The average Bonchev–Trinajstić information content (AvgIpc) is 3.08. The first-order valence-electron chi connectivity index (χ1n) is 10.7. The van der Waals surface area contributed by atoms with Crippen molar-refractivity contribution in [1.82, 2.24) is 4.90 Å². The van der Waals surface area contributed by atoms with Crippen molar-refractivity contribution < 1.29 is 39.0 Å². The van der Waals surface area contributed by atoms with Gasteiger partial charge < -0.3 is 24.6 Å². The lowest BCUT2D eigenvalue weighted by atomic mass is 9.55. The minimum atomic E-state index is -1.39. The molecule has 0 radical (unpaired) electrons. The fourth-order valence-corrected chi connectivity index (χ4v) is 5.62. The van der Waals surface area contributed by atoms with Crippen LogP contribution in [0.2, 0.25) is 0 Å². The number of carbonyl (C=O) groups excluding carboxylic acids is 3. The third-order valence-electron chi connectivity index (χ3n) is 7.04. The summed E-state index contributed by atoms with van der Waals surface area (Å²) in [6.45, 7) is -0.401. The average molecular weight is 451 g/mol. The van der Waals surface area contributed by atoms with Crippen molar-refractivity contribution in [2.24, 2.45) is 17.8 Å². The number of aromatic hydroxyl groups is 1. The van der Waals surface area contributed by atoms with Crippen molar-refractivity contribution in [2.45, 2.75) is 18.9 Å². The molecule has 170 valence electrons. The number of hydrogen-bond donors (Lipinski definition) is 3. The van der Waals surface area contributed by atoms with Crippen molar-refractivity contribution in [3.63, 3.8) is 0 Å². The number of allylic oxidation sites excluding steroid dienone is 1. The molecule has 1 aliphatic carbocycles. The number of phenolic OH excluding ortho intramolecular Hbond substituents is 1. The maximum Gasteiger partial charge on any atom is 0.487 e. The molecule has 0 aromatic heterocycles. The topological polar surface area (TPSA) is 134 Å². The maximum absolute atomic E-state index is 13.2. The third-order valence-corrected chi connectivity index (χ3v) is 7.04. The number of imide groups is 3. The highest BCUT2D eigenvalue weighted by atomic mass is 16.5. The Morgan fingerprint density at radius 1 is 1.15 bits per heavy atom. The van der Waals surface area contributed by atoms with Gasteiger partial charge >= 0.3 is 13.2 Å². The van der Waals surface area contributed by atoms with Crippen LogP contribution in [0.3, 0.4) is 0 Å². The van der Waals surface area contributed by atoms with Crippen LogP contribution < -0.4 is 0 Å². The molecule has 0 bridgehead atoms. The Balaban J connectivity index is 1.59. The molecule has 3 aliphatic rings. The van der Waals surface area contributed by atoms with Gasteiger partial charge in [0, 0.05) is 5.39 Å². The van der Waals surface area contributed by atoms with Crippen LogP contribution >= 0.6 is 0 Å². The van der Waals surface area contributed by atoms with Crippen molar-refractivity contribution in [3.05, 3.63) is 53.0 Å². The number of amides is 3. The van der Waals surface area contributed by atoms with E-state index in [0.29, 0.717) is 21.3 Å². The van der Waals surface area contributed by atoms with E-state index in [0.717, 1.165) is 18.1 Å². The van der Waals surface area contributed by atoms with Crippen molar-refractivity contribution in [3.8, 4) is 5.75 Å². The number of benzene rings is 2. The number of ether oxygens (including phenoxy) is 1. The lowest BCUT2D eigenvalue weighted by Gasteiger charge is -2.42. The van der Waals surface area contributed by atoms with Gasteiger partial charge in [-0.3, -0.25) is 9.59 Å².